The molecule has 0 aliphatic heterocycles. The van der Waals surface area contributed by atoms with E-state index in [4.69, 9.17) is 0 Å². The lowest BCUT2D eigenvalue weighted by Gasteiger charge is -2.09. The van der Waals surface area contributed by atoms with Crippen LogP contribution in [0.25, 0.3) is 27.8 Å². The first-order chi connectivity index (χ1) is 14.1. The van der Waals surface area contributed by atoms with Crippen LogP contribution in [-0.2, 0) is 11.3 Å². The number of hydrogen-bond donors (Lipinski definition) is 3. The van der Waals surface area contributed by atoms with E-state index in [0.717, 1.165) is 42.0 Å². The van der Waals surface area contributed by atoms with Gasteiger partial charge in [-0.1, -0.05) is 0 Å². The number of nitrogens with zero attached hydrogens (tertiary/aromatic N) is 6. The van der Waals surface area contributed by atoms with Crippen LogP contribution < -0.4 is 10.6 Å². The molecule has 0 fully saturated rings. The maximum atomic E-state index is 11.2. The van der Waals surface area contributed by atoms with E-state index in [0.29, 0.717) is 17.0 Å². The third kappa shape index (κ3) is 3.61. The molecule has 0 atom stereocenters. The van der Waals surface area contributed by atoms with Gasteiger partial charge in [0.2, 0.25) is 0 Å². The normalized spacial score (nSPS) is 11.4. The SMILES string of the molecule is CNCCCNc1ncnn2ccc(-c3cnc4nc(C)n(CC(=O)O)c4c3)c12. The van der Waals surface area contributed by atoms with Gasteiger partial charge < -0.3 is 20.3 Å². The third-order valence-corrected chi connectivity index (χ3v) is 4.75. The number of carboxylic acid groups (broad SMARTS) is 1. The monoisotopic (exact) mass is 394 g/mol. The zero-order valence-electron chi connectivity index (χ0n) is 16.3. The Balaban J connectivity index is 1.78. The average molecular weight is 394 g/mol. The first-order valence-electron chi connectivity index (χ1n) is 9.34. The predicted octanol–water partition coefficient (Wildman–Crippen LogP) is 1.56. The highest BCUT2D eigenvalue weighted by Crippen LogP contribution is 2.30. The Labute approximate surface area is 166 Å². The highest BCUT2D eigenvalue weighted by molar-refractivity contribution is 5.91. The Morgan fingerprint density at radius 2 is 2.14 bits per heavy atom. The molecule has 3 N–H and O–H groups in total. The molecule has 150 valence electrons. The summed E-state index contributed by atoms with van der Waals surface area (Å²) in [6.07, 6.45) is 6.09. The van der Waals surface area contributed by atoms with Crippen LogP contribution in [0.3, 0.4) is 0 Å². The minimum Gasteiger partial charge on any atom is -0.480 e. The van der Waals surface area contributed by atoms with Crippen LogP contribution in [-0.4, -0.2) is 60.3 Å². The summed E-state index contributed by atoms with van der Waals surface area (Å²) in [4.78, 5) is 24.5. The molecule has 10 nitrogen and oxygen atoms in total. The van der Waals surface area contributed by atoms with E-state index in [2.05, 4.69) is 30.7 Å². The van der Waals surface area contributed by atoms with Gasteiger partial charge in [0, 0.05) is 30.1 Å². The summed E-state index contributed by atoms with van der Waals surface area (Å²) in [5.74, 6) is 0.434. The van der Waals surface area contributed by atoms with Crippen molar-refractivity contribution < 1.29 is 9.90 Å². The topological polar surface area (TPSA) is 122 Å². The zero-order chi connectivity index (χ0) is 20.4. The van der Waals surface area contributed by atoms with Crippen LogP contribution >= 0.6 is 0 Å². The summed E-state index contributed by atoms with van der Waals surface area (Å²) < 4.78 is 3.42. The lowest BCUT2D eigenvalue weighted by atomic mass is 10.1. The van der Waals surface area contributed by atoms with Crippen molar-refractivity contribution in [1.29, 1.82) is 0 Å². The Hall–Kier alpha value is -3.53. The number of aromatic nitrogens is 6. The van der Waals surface area contributed by atoms with Gasteiger partial charge in [0.15, 0.2) is 11.5 Å². The summed E-state index contributed by atoms with van der Waals surface area (Å²) in [5, 5.41) is 20.0. The van der Waals surface area contributed by atoms with E-state index >= 15 is 0 Å². The van der Waals surface area contributed by atoms with E-state index in [1.807, 2.05) is 25.4 Å². The molecular weight excluding hydrogens is 372 g/mol. The van der Waals surface area contributed by atoms with E-state index in [-0.39, 0.29) is 6.54 Å². The number of anilines is 1. The van der Waals surface area contributed by atoms with Crippen molar-refractivity contribution in [2.45, 2.75) is 19.9 Å². The second-order valence-electron chi connectivity index (χ2n) is 6.72. The largest absolute Gasteiger partial charge is 0.480 e. The molecule has 0 radical (unpaired) electrons. The van der Waals surface area contributed by atoms with Gasteiger partial charge in [-0.3, -0.25) is 4.79 Å². The van der Waals surface area contributed by atoms with Crippen molar-refractivity contribution in [3.8, 4) is 11.1 Å². The van der Waals surface area contributed by atoms with Crippen LogP contribution in [0.2, 0.25) is 0 Å². The first-order valence-corrected chi connectivity index (χ1v) is 9.34. The Kier molecular flexibility index (Phi) is 5.09. The molecule has 0 saturated carbocycles. The number of carbonyl (C=O) groups is 1. The average Bonchev–Trinajstić information content (AvgIpc) is 3.26. The van der Waals surface area contributed by atoms with Crippen molar-refractivity contribution in [2.75, 3.05) is 25.5 Å². The maximum absolute atomic E-state index is 11.2. The quantitative estimate of drug-likeness (QED) is 0.385. The van der Waals surface area contributed by atoms with E-state index in [1.165, 1.54) is 6.33 Å². The molecule has 4 aromatic heterocycles. The van der Waals surface area contributed by atoms with Gasteiger partial charge in [0.05, 0.1) is 5.52 Å². The Morgan fingerprint density at radius 1 is 1.28 bits per heavy atom. The van der Waals surface area contributed by atoms with Crippen molar-refractivity contribution in [3.05, 3.63) is 36.7 Å². The maximum Gasteiger partial charge on any atom is 0.323 e. The Morgan fingerprint density at radius 3 is 2.93 bits per heavy atom. The van der Waals surface area contributed by atoms with Crippen LogP contribution in [0.15, 0.2) is 30.9 Å². The van der Waals surface area contributed by atoms with Crippen molar-refractivity contribution >= 4 is 28.5 Å². The summed E-state index contributed by atoms with van der Waals surface area (Å²) in [6, 6.07) is 3.87. The highest BCUT2D eigenvalue weighted by atomic mass is 16.4. The van der Waals surface area contributed by atoms with E-state index < -0.39 is 5.97 Å². The van der Waals surface area contributed by atoms with Gasteiger partial charge >= 0.3 is 5.97 Å². The number of rotatable bonds is 8. The molecule has 10 heteroatoms. The fourth-order valence-corrected chi connectivity index (χ4v) is 3.39. The lowest BCUT2D eigenvalue weighted by Crippen LogP contribution is -2.14. The second-order valence-corrected chi connectivity index (χ2v) is 6.72. The van der Waals surface area contributed by atoms with E-state index in [1.54, 1.807) is 22.2 Å². The van der Waals surface area contributed by atoms with Crippen LogP contribution in [0.4, 0.5) is 5.82 Å². The number of imidazole rings is 1. The van der Waals surface area contributed by atoms with Gasteiger partial charge in [-0.25, -0.2) is 19.5 Å². The van der Waals surface area contributed by atoms with Gasteiger partial charge in [0.25, 0.3) is 0 Å². The van der Waals surface area contributed by atoms with Crippen LogP contribution in [0, 0.1) is 6.92 Å². The summed E-state index contributed by atoms with van der Waals surface area (Å²) in [6.45, 7) is 3.31. The molecule has 0 aliphatic rings. The van der Waals surface area contributed by atoms with Crippen molar-refractivity contribution in [3.63, 3.8) is 0 Å². The Bertz CT molecular complexity index is 1180. The molecule has 4 rings (SSSR count). The molecular formula is C19H22N8O2. The molecule has 0 unspecified atom stereocenters. The molecule has 4 heterocycles. The van der Waals surface area contributed by atoms with Crippen molar-refractivity contribution in [1.82, 2.24) is 34.4 Å². The van der Waals surface area contributed by atoms with Gasteiger partial charge in [-0.15, -0.1) is 0 Å². The second kappa shape index (κ2) is 7.84. The number of pyridine rings is 1. The molecule has 0 saturated heterocycles. The first kappa shape index (κ1) is 18.8. The summed E-state index contributed by atoms with van der Waals surface area (Å²) >= 11 is 0. The minimum atomic E-state index is -0.923. The molecule has 4 aromatic rings. The number of aliphatic carboxylic acids is 1. The highest BCUT2D eigenvalue weighted by Gasteiger charge is 2.16. The fourth-order valence-electron chi connectivity index (χ4n) is 3.39. The van der Waals surface area contributed by atoms with Crippen molar-refractivity contribution in [2.24, 2.45) is 0 Å². The number of fused-ring (bicyclic) bond motifs is 2. The summed E-state index contributed by atoms with van der Waals surface area (Å²) in [7, 11) is 1.92. The molecule has 0 aromatic carbocycles. The molecule has 0 bridgehead atoms. The predicted molar refractivity (Wildman–Crippen MR) is 109 cm³/mol. The third-order valence-electron chi connectivity index (χ3n) is 4.75. The molecule has 0 spiro atoms. The van der Waals surface area contributed by atoms with E-state index in [9.17, 15) is 9.90 Å². The van der Waals surface area contributed by atoms with Crippen LogP contribution in [0.5, 0.6) is 0 Å². The zero-order valence-corrected chi connectivity index (χ0v) is 16.3. The smallest absolute Gasteiger partial charge is 0.323 e. The summed E-state index contributed by atoms with van der Waals surface area (Å²) in [5.41, 5.74) is 3.82. The number of hydrogen-bond acceptors (Lipinski definition) is 7. The number of aryl methyl sites for hydroxylation is 1. The number of nitrogens with one attached hydrogen (secondary N) is 2. The fraction of sp³-hybridized carbons (Fsp3) is 0.316. The molecule has 0 aliphatic carbocycles. The molecule has 29 heavy (non-hydrogen) atoms. The molecule has 0 amide bonds. The minimum absolute atomic E-state index is 0.161. The van der Waals surface area contributed by atoms with Crippen LogP contribution in [0.1, 0.15) is 12.2 Å². The standard InChI is InChI=1S/C19H22N8O2/c1-12-25-18-15(26(12)10-16(28)29)8-13(9-22-18)14-4-7-27-17(14)19(23-11-24-27)21-6-3-5-20-2/h4,7-9,11,20H,3,5-6,10H2,1-2H3,(H,28,29)(H,21,23,24). The van der Waals surface area contributed by atoms with Gasteiger partial charge in [-0.2, -0.15) is 5.10 Å². The van der Waals surface area contributed by atoms with Gasteiger partial charge in [0.1, 0.15) is 24.2 Å². The van der Waals surface area contributed by atoms with Gasteiger partial charge in [-0.05, 0) is 39.1 Å². The lowest BCUT2D eigenvalue weighted by molar-refractivity contribution is -0.137. The number of carboxylic acids is 1.